The van der Waals surface area contributed by atoms with Gasteiger partial charge >= 0.3 is 0 Å². The molecule has 0 aliphatic rings. The molecule has 0 fully saturated rings. The van der Waals surface area contributed by atoms with Crippen LogP contribution in [0, 0.1) is 4.77 Å². The van der Waals surface area contributed by atoms with Gasteiger partial charge in [0.15, 0.2) is 16.3 Å². The predicted octanol–water partition coefficient (Wildman–Crippen LogP) is 2.79. The van der Waals surface area contributed by atoms with Gasteiger partial charge in [-0.15, -0.1) is 0 Å². The molecule has 0 bridgehead atoms. The average molecular weight is 401 g/mol. The number of benzene rings is 1. The van der Waals surface area contributed by atoms with E-state index < -0.39 is 0 Å². The SMILES string of the molecule is CCCCCn1nc(C(=O)NCc2n[nH]c(=S)n2CC)c2ccccc2c1=O. The summed E-state index contributed by atoms with van der Waals surface area (Å²) in [5.74, 6) is 0.290. The smallest absolute Gasteiger partial charge is 0.274 e. The molecule has 28 heavy (non-hydrogen) atoms. The number of H-pyrrole nitrogens is 1. The zero-order valence-electron chi connectivity index (χ0n) is 16.1. The minimum absolute atomic E-state index is 0.171. The van der Waals surface area contributed by atoms with Gasteiger partial charge in [-0.2, -0.15) is 10.2 Å². The van der Waals surface area contributed by atoms with Gasteiger partial charge in [0, 0.05) is 18.5 Å². The minimum Gasteiger partial charge on any atom is -0.343 e. The van der Waals surface area contributed by atoms with Crippen LogP contribution in [0.5, 0.6) is 0 Å². The minimum atomic E-state index is -0.350. The molecule has 1 aromatic carbocycles. The number of carbonyl (C=O) groups is 1. The molecular formula is C19H24N6O2S. The third kappa shape index (κ3) is 4.04. The topological polar surface area (TPSA) is 97.6 Å². The van der Waals surface area contributed by atoms with Crippen molar-refractivity contribution in [3.05, 3.63) is 50.9 Å². The largest absolute Gasteiger partial charge is 0.343 e. The number of aromatic nitrogens is 5. The lowest BCUT2D eigenvalue weighted by atomic mass is 10.1. The van der Waals surface area contributed by atoms with Crippen molar-refractivity contribution >= 4 is 28.9 Å². The van der Waals surface area contributed by atoms with E-state index in [1.54, 1.807) is 24.3 Å². The van der Waals surface area contributed by atoms with Crippen molar-refractivity contribution in [3.63, 3.8) is 0 Å². The summed E-state index contributed by atoms with van der Waals surface area (Å²) in [7, 11) is 0. The number of hydrogen-bond donors (Lipinski definition) is 2. The standard InChI is InChI=1S/C19H24N6O2S/c1-3-5-8-11-25-18(27)14-10-7-6-9-13(14)16(23-25)17(26)20-12-15-21-22-19(28)24(15)4-2/h6-7,9-10H,3-5,8,11-12H2,1-2H3,(H,20,26)(H,22,28). The number of fused-ring (bicyclic) bond motifs is 1. The Bertz CT molecular complexity index is 1100. The Labute approximate surface area is 167 Å². The molecule has 0 aliphatic heterocycles. The maximum atomic E-state index is 12.9. The van der Waals surface area contributed by atoms with Gasteiger partial charge < -0.3 is 9.88 Å². The van der Waals surface area contributed by atoms with Crippen molar-refractivity contribution in [1.29, 1.82) is 0 Å². The van der Waals surface area contributed by atoms with Gasteiger partial charge in [-0.1, -0.05) is 38.0 Å². The molecule has 0 spiro atoms. The van der Waals surface area contributed by atoms with E-state index in [1.807, 2.05) is 11.5 Å². The molecule has 0 aliphatic carbocycles. The highest BCUT2D eigenvalue weighted by molar-refractivity contribution is 7.71. The Morgan fingerprint density at radius 3 is 2.68 bits per heavy atom. The lowest BCUT2D eigenvalue weighted by Gasteiger charge is -2.11. The number of unbranched alkanes of at least 4 members (excludes halogenated alkanes) is 2. The molecule has 8 nitrogen and oxygen atoms in total. The molecular weight excluding hydrogens is 376 g/mol. The summed E-state index contributed by atoms with van der Waals surface area (Å²) in [6, 6.07) is 7.07. The van der Waals surface area contributed by atoms with Crippen molar-refractivity contribution < 1.29 is 4.79 Å². The van der Waals surface area contributed by atoms with Crippen LogP contribution in [0.1, 0.15) is 49.4 Å². The number of aryl methyl sites for hydroxylation is 1. The molecule has 2 aromatic heterocycles. The third-order valence-electron chi connectivity index (χ3n) is 4.62. The summed E-state index contributed by atoms with van der Waals surface area (Å²) >= 11 is 5.17. The Hall–Kier alpha value is -2.81. The van der Waals surface area contributed by atoms with Crippen LogP contribution in [-0.4, -0.2) is 30.5 Å². The Morgan fingerprint density at radius 1 is 1.21 bits per heavy atom. The first-order valence-corrected chi connectivity index (χ1v) is 9.89. The van der Waals surface area contributed by atoms with Crippen molar-refractivity contribution in [1.82, 2.24) is 29.9 Å². The zero-order chi connectivity index (χ0) is 20.1. The van der Waals surface area contributed by atoms with E-state index in [4.69, 9.17) is 12.2 Å². The van der Waals surface area contributed by atoms with E-state index in [9.17, 15) is 9.59 Å². The van der Waals surface area contributed by atoms with Crippen LogP contribution in [0.15, 0.2) is 29.1 Å². The Kier molecular flexibility index (Phi) is 6.35. The number of amides is 1. The number of hydrogen-bond acceptors (Lipinski definition) is 5. The van der Waals surface area contributed by atoms with E-state index in [0.717, 1.165) is 19.3 Å². The second-order valence-electron chi connectivity index (χ2n) is 6.50. The Morgan fingerprint density at radius 2 is 1.96 bits per heavy atom. The van der Waals surface area contributed by atoms with Gasteiger partial charge in [0.2, 0.25) is 0 Å². The summed E-state index contributed by atoms with van der Waals surface area (Å²) < 4.78 is 3.72. The average Bonchev–Trinajstić information content (AvgIpc) is 3.07. The van der Waals surface area contributed by atoms with Crippen molar-refractivity contribution in [2.24, 2.45) is 0 Å². The first kappa shape index (κ1) is 19.9. The summed E-state index contributed by atoms with van der Waals surface area (Å²) in [5, 5.41) is 15.1. The molecule has 2 heterocycles. The van der Waals surface area contributed by atoms with E-state index in [-0.39, 0.29) is 23.7 Å². The predicted molar refractivity (Wildman–Crippen MR) is 110 cm³/mol. The molecule has 3 aromatic rings. The molecule has 148 valence electrons. The molecule has 2 N–H and O–H groups in total. The van der Waals surface area contributed by atoms with Crippen molar-refractivity contribution in [2.45, 2.75) is 52.7 Å². The maximum Gasteiger partial charge on any atom is 0.274 e. The molecule has 0 saturated heterocycles. The highest BCUT2D eigenvalue weighted by Crippen LogP contribution is 2.14. The first-order chi connectivity index (χ1) is 13.6. The fourth-order valence-electron chi connectivity index (χ4n) is 3.12. The van der Waals surface area contributed by atoms with Crippen molar-refractivity contribution in [3.8, 4) is 0 Å². The summed E-state index contributed by atoms with van der Waals surface area (Å²) in [6.07, 6.45) is 2.89. The van der Waals surface area contributed by atoms with E-state index in [1.165, 1.54) is 4.68 Å². The van der Waals surface area contributed by atoms with Crippen LogP contribution in [0.4, 0.5) is 0 Å². The quantitative estimate of drug-likeness (QED) is 0.448. The number of nitrogens with zero attached hydrogens (tertiary/aromatic N) is 4. The highest BCUT2D eigenvalue weighted by atomic mass is 32.1. The van der Waals surface area contributed by atoms with Crippen molar-refractivity contribution in [2.75, 3.05) is 0 Å². The second kappa shape index (κ2) is 8.92. The molecule has 0 unspecified atom stereocenters. The van der Waals surface area contributed by atoms with Gasteiger partial charge in [0.25, 0.3) is 11.5 Å². The van der Waals surface area contributed by atoms with Crippen LogP contribution >= 0.6 is 12.2 Å². The summed E-state index contributed by atoms with van der Waals surface area (Å²) in [5.41, 5.74) is 0.0685. The van der Waals surface area contributed by atoms with E-state index >= 15 is 0 Å². The molecule has 0 atom stereocenters. The third-order valence-corrected chi connectivity index (χ3v) is 4.93. The molecule has 0 radical (unpaired) electrons. The highest BCUT2D eigenvalue weighted by Gasteiger charge is 2.17. The van der Waals surface area contributed by atoms with Gasteiger partial charge in [0.05, 0.1) is 11.9 Å². The molecule has 3 rings (SSSR count). The van der Waals surface area contributed by atoms with E-state index in [0.29, 0.717) is 34.5 Å². The zero-order valence-corrected chi connectivity index (χ0v) is 16.9. The van der Waals surface area contributed by atoms with Crippen LogP contribution in [0.25, 0.3) is 10.8 Å². The van der Waals surface area contributed by atoms with E-state index in [2.05, 4.69) is 27.5 Å². The summed E-state index contributed by atoms with van der Waals surface area (Å²) in [6.45, 7) is 5.42. The van der Waals surface area contributed by atoms with Gasteiger partial charge in [0.1, 0.15) is 0 Å². The number of rotatable bonds is 8. The van der Waals surface area contributed by atoms with Gasteiger partial charge in [-0.3, -0.25) is 14.7 Å². The number of aromatic amines is 1. The number of carbonyl (C=O) groups excluding carboxylic acids is 1. The Balaban J connectivity index is 1.91. The molecule has 1 amide bonds. The van der Waals surface area contributed by atoms with Crippen LogP contribution in [0.2, 0.25) is 0 Å². The fourth-order valence-corrected chi connectivity index (χ4v) is 3.40. The van der Waals surface area contributed by atoms with Gasteiger partial charge in [-0.05, 0) is 31.6 Å². The van der Waals surface area contributed by atoms with Crippen LogP contribution < -0.4 is 10.9 Å². The summed E-state index contributed by atoms with van der Waals surface area (Å²) in [4.78, 5) is 25.6. The van der Waals surface area contributed by atoms with Gasteiger partial charge in [-0.25, -0.2) is 4.68 Å². The maximum absolute atomic E-state index is 12.9. The second-order valence-corrected chi connectivity index (χ2v) is 6.89. The normalized spacial score (nSPS) is 11.1. The molecule has 0 saturated carbocycles. The van der Waals surface area contributed by atoms with Crippen LogP contribution in [-0.2, 0) is 19.6 Å². The lowest BCUT2D eigenvalue weighted by Crippen LogP contribution is -2.31. The van der Waals surface area contributed by atoms with Crippen LogP contribution in [0.3, 0.4) is 0 Å². The fraction of sp³-hybridized carbons (Fsp3) is 0.421. The molecule has 9 heteroatoms. The monoisotopic (exact) mass is 400 g/mol. The number of nitrogens with one attached hydrogen (secondary N) is 2. The first-order valence-electron chi connectivity index (χ1n) is 9.49. The lowest BCUT2D eigenvalue weighted by molar-refractivity contribution is 0.0944.